The zero-order chi connectivity index (χ0) is 21.1. The molecule has 0 saturated carbocycles. The van der Waals surface area contributed by atoms with Crippen molar-refractivity contribution in [2.24, 2.45) is 0 Å². The number of amides is 2. The maximum absolute atomic E-state index is 12.9. The van der Waals surface area contributed by atoms with E-state index in [-0.39, 0.29) is 10.7 Å². The summed E-state index contributed by atoms with van der Waals surface area (Å²) < 4.78 is 0. The molecule has 2 heterocycles. The van der Waals surface area contributed by atoms with E-state index in [0.29, 0.717) is 32.7 Å². The summed E-state index contributed by atoms with van der Waals surface area (Å²) in [6.45, 7) is 0. The van der Waals surface area contributed by atoms with Crippen molar-refractivity contribution in [3.63, 3.8) is 0 Å². The predicted molar refractivity (Wildman–Crippen MR) is 116 cm³/mol. The number of pyridine rings is 2. The molecule has 0 atom stereocenters. The number of carbonyl (C=O) groups excluding carboxylic acids is 2. The number of hydrazine groups is 1. The summed E-state index contributed by atoms with van der Waals surface area (Å²) in [6, 6.07) is 19.0. The van der Waals surface area contributed by atoms with Gasteiger partial charge in [-0.15, -0.1) is 0 Å². The molecule has 0 aliphatic heterocycles. The summed E-state index contributed by atoms with van der Waals surface area (Å²) >= 11 is 12.1. The van der Waals surface area contributed by atoms with Crippen LogP contribution >= 0.6 is 23.2 Å². The Kier molecular flexibility index (Phi) is 5.61. The topological polar surface area (TPSA) is 84.0 Å². The van der Waals surface area contributed by atoms with Crippen molar-refractivity contribution < 1.29 is 9.59 Å². The zero-order valence-corrected chi connectivity index (χ0v) is 16.9. The molecule has 0 aliphatic rings. The van der Waals surface area contributed by atoms with Crippen LogP contribution in [0.1, 0.15) is 20.7 Å². The van der Waals surface area contributed by atoms with Gasteiger partial charge < -0.3 is 0 Å². The van der Waals surface area contributed by atoms with Crippen LogP contribution in [0.5, 0.6) is 0 Å². The Morgan fingerprint density at radius 2 is 1.57 bits per heavy atom. The van der Waals surface area contributed by atoms with Crippen molar-refractivity contribution in [1.82, 2.24) is 20.8 Å². The highest BCUT2D eigenvalue weighted by molar-refractivity contribution is 6.33. The molecule has 30 heavy (non-hydrogen) atoms. The average molecular weight is 437 g/mol. The number of para-hydroxylation sites is 1. The lowest BCUT2D eigenvalue weighted by Crippen LogP contribution is -2.41. The van der Waals surface area contributed by atoms with Crippen LogP contribution in [0.4, 0.5) is 0 Å². The van der Waals surface area contributed by atoms with Crippen LogP contribution in [-0.4, -0.2) is 21.8 Å². The monoisotopic (exact) mass is 436 g/mol. The van der Waals surface area contributed by atoms with E-state index in [4.69, 9.17) is 23.2 Å². The molecule has 4 aromatic rings. The Hall–Kier alpha value is -3.48. The molecule has 2 aromatic carbocycles. The van der Waals surface area contributed by atoms with Crippen LogP contribution in [-0.2, 0) is 0 Å². The quantitative estimate of drug-likeness (QED) is 0.360. The summed E-state index contributed by atoms with van der Waals surface area (Å²) in [5.74, 6) is -1.01. The maximum Gasteiger partial charge on any atom is 0.270 e. The molecular formula is C22H14Cl2N4O2. The van der Waals surface area contributed by atoms with Crippen molar-refractivity contribution in [3.8, 4) is 11.3 Å². The molecule has 6 nitrogen and oxygen atoms in total. The molecular weight excluding hydrogens is 423 g/mol. The highest BCUT2D eigenvalue weighted by Gasteiger charge is 2.16. The maximum atomic E-state index is 12.9. The summed E-state index contributed by atoms with van der Waals surface area (Å²) in [5.41, 5.74) is 7.34. The Balaban J connectivity index is 1.66. The second-order valence-electron chi connectivity index (χ2n) is 6.33. The van der Waals surface area contributed by atoms with Crippen molar-refractivity contribution in [2.45, 2.75) is 0 Å². The summed E-state index contributed by atoms with van der Waals surface area (Å²) in [5, 5.41) is 1.35. The van der Waals surface area contributed by atoms with Crippen molar-refractivity contribution in [1.29, 1.82) is 0 Å². The Labute approximate surface area is 181 Å². The van der Waals surface area contributed by atoms with Gasteiger partial charge in [-0.3, -0.25) is 20.4 Å². The Bertz CT molecular complexity index is 1280. The number of fused-ring (bicyclic) bond motifs is 1. The van der Waals surface area contributed by atoms with Gasteiger partial charge in [-0.1, -0.05) is 59.6 Å². The van der Waals surface area contributed by atoms with Gasteiger partial charge in [0, 0.05) is 27.7 Å². The number of rotatable bonds is 3. The summed E-state index contributed by atoms with van der Waals surface area (Å²) in [6.07, 6.45) is 1.41. The van der Waals surface area contributed by atoms with Crippen molar-refractivity contribution >= 4 is 45.9 Å². The zero-order valence-electron chi connectivity index (χ0n) is 15.4. The molecule has 0 aliphatic carbocycles. The Morgan fingerprint density at radius 1 is 0.833 bits per heavy atom. The molecule has 4 rings (SSSR count). The number of nitrogens with zero attached hydrogens (tertiary/aromatic N) is 2. The number of benzene rings is 2. The van der Waals surface area contributed by atoms with Gasteiger partial charge in [0.25, 0.3) is 11.8 Å². The second-order valence-corrected chi connectivity index (χ2v) is 7.12. The minimum absolute atomic E-state index is 0.179. The molecule has 2 N–H and O–H groups in total. The van der Waals surface area contributed by atoms with Gasteiger partial charge in [-0.2, -0.15) is 0 Å². The van der Waals surface area contributed by atoms with Crippen LogP contribution in [0.2, 0.25) is 10.2 Å². The van der Waals surface area contributed by atoms with Crippen LogP contribution in [0.15, 0.2) is 72.9 Å². The molecule has 0 radical (unpaired) electrons. The lowest BCUT2D eigenvalue weighted by molar-refractivity contribution is 0.0847. The lowest BCUT2D eigenvalue weighted by atomic mass is 10.0. The standard InChI is InChI=1S/C22H14Cl2N4O2/c23-17-7-3-1-6-15(17)19-12-16(14-5-2-4-8-18(14)26-19)22(30)28-27-21(29)13-9-10-25-20(24)11-13/h1-12H,(H,27,29)(H,28,30). The molecule has 2 aromatic heterocycles. The lowest BCUT2D eigenvalue weighted by Gasteiger charge is -2.12. The Morgan fingerprint density at radius 3 is 2.37 bits per heavy atom. The van der Waals surface area contributed by atoms with Crippen LogP contribution in [0.25, 0.3) is 22.2 Å². The minimum Gasteiger partial charge on any atom is -0.267 e. The van der Waals surface area contributed by atoms with E-state index in [9.17, 15) is 9.59 Å². The van der Waals surface area contributed by atoms with Gasteiger partial charge in [0.05, 0.1) is 16.8 Å². The van der Waals surface area contributed by atoms with Crippen LogP contribution in [0, 0.1) is 0 Å². The number of halogens is 2. The summed E-state index contributed by atoms with van der Waals surface area (Å²) in [7, 11) is 0. The first-order valence-corrected chi connectivity index (χ1v) is 9.65. The first kappa shape index (κ1) is 19.8. The number of aromatic nitrogens is 2. The molecule has 0 saturated heterocycles. The van der Waals surface area contributed by atoms with Crippen LogP contribution in [0.3, 0.4) is 0 Å². The van der Waals surface area contributed by atoms with Gasteiger partial charge in [0.15, 0.2) is 0 Å². The van der Waals surface area contributed by atoms with Gasteiger partial charge in [0.1, 0.15) is 5.15 Å². The third-order valence-electron chi connectivity index (χ3n) is 4.39. The van der Waals surface area contributed by atoms with E-state index >= 15 is 0 Å². The van der Waals surface area contributed by atoms with Crippen molar-refractivity contribution in [2.75, 3.05) is 0 Å². The van der Waals surface area contributed by atoms with E-state index in [0.717, 1.165) is 0 Å². The fraction of sp³-hybridized carbons (Fsp3) is 0. The third-order valence-corrected chi connectivity index (χ3v) is 4.93. The highest BCUT2D eigenvalue weighted by atomic mass is 35.5. The number of carbonyl (C=O) groups is 2. The second kappa shape index (κ2) is 8.49. The molecule has 2 amide bonds. The predicted octanol–water partition coefficient (Wildman–Crippen LogP) is 4.68. The average Bonchev–Trinajstić information content (AvgIpc) is 2.76. The van der Waals surface area contributed by atoms with Gasteiger partial charge in [-0.05, 0) is 30.3 Å². The normalized spacial score (nSPS) is 10.6. The van der Waals surface area contributed by atoms with Gasteiger partial charge in [-0.25, -0.2) is 9.97 Å². The number of hydrogen-bond acceptors (Lipinski definition) is 4. The molecule has 0 fully saturated rings. The van der Waals surface area contributed by atoms with Crippen LogP contribution < -0.4 is 10.9 Å². The minimum atomic E-state index is -0.516. The molecule has 8 heteroatoms. The fourth-order valence-electron chi connectivity index (χ4n) is 2.97. The highest BCUT2D eigenvalue weighted by Crippen LogP contribution is 2.29. The van der Waals surface area contributed by atoms with E-state index in [1.165, 1.54) is 18.3 Å². The van der Waals surface area contributed by atoms with E-state index in [2.05, 4.69) is 20.8 Å². The van der Waals surface area contributed by atoms with E-state index in [1.54, 1.807) is 18.2 Å². The van der Waals surface area contributed by atoms with Gasteiger partial charge in [0.2, 0.25) is 0 Å². The van der Waals surface area contributed by atoms with Crippen molar-refractivity contribution in [3.05, 3.63) is 94.2 Å². The number of hydrogen-bond donors (Lipinski definition) is 2. The first-order chi connectivity index (χ1) is 14.5. The van der Waals surface area contributed by atoms with E-state index < -0.39 is 11.8 Å². The summed E-state index contributed by atoms with van der Waals surface area (Å²) in [4.78, 5) is 33.6. The third kappa shape index (κ3) is 4.10. The molecule has 148 valence electrons. The number of nitrogens with one attached hydrogen (secondary N) is 2. The SMILES string of the molecule is O=C(NNC(=O)c1cc(-c2ccccc2Cl)nc2ccccc12)c1ccnc(Cl)c1. The molecule has 0 bridgehead atoms. The smallest absolute Gasteiger partial charge is 0.267 e. The van der Waals surface area contributed by atoms with E-state index in [1.807, 2.05) is 36.4 Å². The molecule has 0 spiro atoms. The molecule has 0 unspecified atom stereocenters. The fourth-order valence-corrected chi connectivity index (χ4v) is 3.37. The first-order valence-electron chi connectivity index (χ1n) is 8.90. The van der Waals surface area contributed by atoms with Gasteiger partial charge >= 0.3 is 0 Å². The largest absolute Gasteiger partial charge is 0.270 e.